The molecule has 8 heteroatoms. The molecule has 0 aliphatic heterocycles. The Hall–Kier alpha value is -2.58. The minimum atomic E-state index is -1.95. The molecule has 1 aromatic heterocycles. The molecule has 1 aromatic carbocycles. The van der Waals surface area contributed by atoms with E-state index in [4.69, 9.17) is 14.8 Å². The Kier molecular flexibility index (Phi) is 4.75. The molecule has 0 saturated heterocycles. The number of ether oxygens (including phenoxy) is 1. The highest BCUT2D eigenvalue weighted by molar-refractivity contribution is 6.33. The molecule has 1 amide bonds. The molecule has 0 aliphatic carbocycles. The fraction of sp³-hybridized carbons (Fsp3) is 0.0769. The second kappa shape index (κ2) is 6.73. The molecule has 1 heterocycles. The van der Waals surface area contributed by atoms with Crippen LogP contribution in [0.25, 0.3) is 0 Å². The Morgan fingerprint density at radius 3 is 2.76 bits per heavy atom. The third-order valence-corrected chi connectivity index (χ3v) is 2.54. The van der Waals surface area contributed by atoms with Gasteiger partial charge in [0.1, 0.15) is 11.5 Å². The van der Waals surface area contributed by atoms with Gasteiger partial charge >= 0.3 is 7.32 Å². The smallest absolute Gasteiger partial charge is 0.511 e. The predicted octanol–water partition coefficient (Wildman–Crippen LogP) is 0.691. The van der Waals surface area contributed by atoms with E-state index >= 15 is 0 Å². The number of anilines is 1. The molecular weight excluding hydrogens is 275 g/mol. The van der Waals surface area contributed by atoms with E-state index in [0.29, 0.717) is 17.0 Å². The van der Waals surface area contributed by atoms with Crippen molar-refractivity contribution in [2.45, 2.75) is 0 Å². The standard InChI is InChI=1S/C13H13BN2O5/c1-20-11-4-2-3-9(5-11)13(17)16-10-6-12(8-15-7-10)21-14(18)19/h2-8,18-19H,1H3,(H,16,17). The summed E-state index contributed by atoms with van der Waals surface area (Å²) in [7, 11) is -0.432. The molecule has 3 N–H and O–H groups in total. The van der Waals surface area contributed by atoms with Crippen molar-refractivity contribution in [1.29, 1.82) is 0 Å². The second-order valence-corrected chi connectivity index (χ2v) is 4.04. The number of rotatable bonds is 5. The number of hydrogen-bond acceptors (Lipinski definition) is 6. The Labute approximate surface area is 121 Å². The van der Waals surface area contributed by atoms with E-state index in [-0.39, 0.29) is 11.7 Å². The Morgan fingerprint density at radius 1 is 1.24 bits per heavy atom. The van der Waals surface area contributed by atoms with Crippen LogP contribution in [0.2, 0.25) is 0 Å². The number of carbonyl (C=O) groups is 1. The van der Waals surface area contributed by atoms with Crippen molar-refractivity contribution >= 4 is 18.9 Å². The number of nitrogens with zero attached hydrogens (tertiary/aromatic N) is 1. The molecule has 0 unspecified atom stereocenters. The summed E-state index contributed by atoms with van der Waals surface area (Å²) >= 11 is 0. The topological polar surface area (TPSA) is 101 Å². The zero-order chi connectivity index (χ0) is 15.2. The van der Waals surface area contributed by atoms with E-state index < -0.39 is 7.32 Å². The van der Waals surface area contributed by atoms with Gasteiger partial charge in [0.05, 0.1) is 25.2 Å². The van der Waals surface area contributed by atoms with E-state index in [0.717, 1.165) is 0 Å². The Balaban J connectivity index is 2.11. The van der Waals surface area contributed by atoms with Crippen LogP contribution in [0.1, 0.15) is 10.4 Å². The quantitative estimate of drug-likeness (QED) is 0.700. The van der Waals surface area contributed by atoms with Gasteiger partial charge in [0.25, 0.3) is 5.91 Å². The van der Waals surface area contributed by atoms with Crippen LogP contribution in [-0.2, 0) is 0 Å². The molecule has 108 valence electrons. The molecule has 0 bridgehead atoms. The maximum Gasteiger partial charge on any atom is 0.707 e. The van der Waals surface area contributed by atoms with Crippen LogP contribution in [0.15, 0.2) is 42.7 Å². The maximum absolute atomic E-state index is 12.1. The van der Waals surface area contributed by atoms with E-state index in [1.54, 1.807) is 24.3 Å². The van der Waals surface area contributed by atoms with Crippen molar-refractivity contribution in [1.82, 2.24) is 4.98 Å². The lowest BCUT2D eigenvalue weighted by molar-refractivity contribution is 0.102. The largest absolute Gasteiger partial charge is 0.707 e. The zero-order valence-corrected chi connectivity index (χ0v) is 11.2. The van der Waals surface area contributed by atoms with Crippen molar-refractivity contribution in [3.63, 3.8) is 0 Å². The van der Waals surface area contributed by atoms with Gasteiger partial charge in [0, 0.05) is 11.6 Å². The van der Waals surface area contributed by atoms with Crippen LogP contribution < -0.4 is 14.7 Å². The van der Waals surface area contributed by atoms with Gasteiger partial charge < -0.3 is 24.8 Å². The fourth-order valence-electron chi connectivity index (χ4n) is 1.64. The molecule has 0 fully saturated rings. The minimum Gasteiger partial charge on any atom is -0.511 e. The number of amides is 1. The number of carbonyl (C=O) groups excluding carboxylic acids is 1. The number of aromatic nitrogens is 1. The van der Waals surface area contributed by atoms with Gasteiger partial charge in [-0.15, -0.1) is 0 Å². The van der Waals surface area contributed by atoms with Crippen LogP contribution in [0.4, 0.5) is 5.69 Å². The Bertz CT molecular complexity index is 635. The lowest BCUT2D eigenvalue weighted by atomic mass is 10.2. The zero-order valence-electron chi connectivity index (χ0n) is 11.2. The van der Waals surface area contributed by atoms with Crippen molar-refractivity contribution in [3.8, 4) is 11.5 Å². The highest BCUT2D eigenvalue weighted by Crippen LogP contribution is 2.18. The summed E-state index contributed by atoms with van der Waals surface area (Å²) in [5.41, 5.74) is 0.781. The van der Waals surface area contributed by atoms with Gasteiger partial charge in [0.15, 0.2) is 0 Å². The minimum absolute atomic E-state index is 0.119. The molecule has 0 aliphatic rings. The molecule has 7 nitrogen and oxygen atoms in total. The lowest BCUT2D eigenvalue weighted by Gasteiger charge is -2.08. The van der Waals surface area contributed by atoms with Gasteiger partial charge in [-0.3, -0.25) is 9.78 Å². The highest BCUT2D eigenvalue weighted by Gasteiger charge is 2.13. The normalized spacial score (nSPS) is 9.86. The molecule has 0 radical (unpaired) electrons. The van der Waals surface area contributed by atoms with Crippen LogP contribution in [0, 0.1) is 0 Å². The Morgan fingerprint density at radius 2 is 2.05 bits per heavy atom. The first-order valence-corrected chi connectivity index (χ1v) is 6.02. The van der Waals surface area contributed by atoms with Crippen molar-refractivity contribution in [2.75, 3.05) is 12.4 Å². The third-order valence-electron chi connectivity index (χ3n) is 2.54. The van der Waals surface area contributed by atoms with Crippen molar-refractivity contribution in [2.24, 2.45) is 0 Å². The van der Waals surface area contributed by atoms with Gasteiger partial charge in [-0.2, -0.15) is 0 Å². The summed E-state index contributed by atoms with van der Waals surface area (Å²) < 4.78 is 9.71. The molecule has 0 atom stereocenters. The summed E-state index contributed by atoms with van der Waals surface area (Å²) in [6.45, 7) is 0. The third kappa shape index (κ3) is 4.20. The van der Waals surface area contributed by atoms with Gasteiger partial charge in [0.2, 0.25) is 0 Å². The van der Waals surface area contributed by atoms with Gasteiger partial charge in [-0.05, 0) is 18.2 Å². The first-order chi connectivity index (χ1) is 10.1. The first kappa shape index (κ1) is 14.8. The number of nitrogens with one attached hydrogen (secondary N) is 1. The molecule has 21 heavy (non-hydrogen) atoms. The molecule has 0 saturated carbocycles. The lowest BCUT2D eigenvalue weighted by Crippen LogP contribution is -2.20. The number of hydrogen-bond donors (Lipinski definition) is 3. The van der Waals surface area contributed by atoms with E-state index in [1.165, 1.54) is 25.6 Å². The monoisotopic (exact) mass is 288 g/mol. The number of pyridine rings is 1. The molecule has 2 rings (SSSR count). The molecule has 0 spiro atoms. The fourth-order valence-corrected chi connectivity index (χ4v) is 1.64. The van der Waals surface area contributed by atoms with Crippen LogP contribution >= 0.6 is 0 Å². The second-order valence-electron chi connectivity index (χ2n) is 4.04. The van der Waals surface area contributed by atoms with Crippen molar-refractivity contribution in [3.05, 3.63) is 48.3 Å². The average Bonchev–Trinajstić information content (AvgIpc) is 2.47. The summed E-state index contributed by atoms with van der Waals surface area (Å²) in [5.74, 6) is 0.340. The highest BCUT2D eigenvalue weighted by atomic mass is 16.6. The first-order valence-electron chi connectivity index (χ1n) is 6.02. The van der Waals surface area contributed by atoms with E-state index in [2.05, 4.69) is 15.0 Å². The predicted molar refractivity (Wildman–Crippen MR) is 76.0 cm³/mol. The summed E-state index contributed by atoms with van der Waals surface area (Å²) in [5, 5.41) is 20.1. The van der Waals surface area contributed by atoms with Crippen LogP contribution in [0.5, 0.6) is 11.5 Å². The van der Waals surface area contributed by atoms with E-state index in [9.17, 15) is 4.79 Å². The molecular formula is C13H13BN2O5. The molecule has 2 aromatic rings. The SMILES string of the molecule is COc1cccc(C(=O)Nc2cncc(OB(O)O)c2)c1. The summed E-state index contributed by atoms with van der Waals surface area (Å²) in [6, 6.07) is 8.09. The van der Waals surface area contributed by atoms with Crippen LogP contribution in [0.3, 0.4) is 0 Å². The maximum atomic E-state index is 12.1. The van der Waals surface area contributed by atoms with Gasteiger partial charge in [-0.1, -0.05) is 6.07 Å². The van der Waals surface area contributed by atoms with Crippen molar-refractivity contribution < 1.29 is 24.2 Å². The number of benzene rings is 1. The summed E-state index contributed by atoms with van der Waals surface area (Å²) in [6.07, 6.45) is 2.70. The van der Waals surface area contributed by atoms with E-state index in [1.807, 2.05) is 0 Å². The van der Waals surface area contributed by atoms with Crippen LogP contribution in [-0.4, -0.2) is 35.4 Å². The summed E-state index contributed by atoms with van der Waals surface area (Å²) in [4.78, 5) is 15.9. The van der Waals surface area contributed by atoms with Gasteiger partial charge in [-0.25, -0.2) is 0 Å². The number of methoxy groups -OCH3 is 1. The average molecular weight is 288 g/mol.